The Hall–Kier alpha value is -0.0800. The van der Waals surface area contributed by atoms with Crippen molar-refractivity contribution in [1.82, 2.24) is 4.90 Å². The highest BCUT2D eigenvalue weighted by molar-refractivity contribution is 4.93. The summed E-state index contributed by atoms with van der Waals surface area (Å²) in [6.07, 6.45) is 11.5. The fourth-order valence-electron chi connectivity index (χ4n) is 4.46. The molecule has 2 aliphatic carbocycles. The second kappa shape index (κ2) is 5.27. The van der Waals surface area contributed by atoms with E-state index in [1.54, 1.807) is 0 Å². The van der Waals surface area contributed by atoms with Gasteiger partial charge in [0.25, 0.3) is 0 Å². The van der Waals surface area contributed by atoms with Crippen LogP contribution >= 0.6 is 0 Å². The Morgan fingerprint density at radius 3 is 2.53 bits per heavy atom. The molecule has 3 fully saturated rings. The van der Waals surface area contributed by atoms with E-state index in [9.17, 15) is 0 Å². The molecule has 2 saturated carbocycles. The molecule has 98 valence electrons. The summed E-state index contributed by atoms with van der Waals surface area (Å²) in [7, 11) is 0. The van der Waals surface area contributed by atoms with E-state index in [-0.39, 0.29) is 0 Å². The topological polar surface area (TPSA) is 29.3 Å². The summed E-state index contributed by atoms with van der Waals surface area (Å²) in [5, 5.41) is 0. The highest BCUT2D eigenvalue weighted by Crippen LogP contribution is 2.36. The maximum absolute atomic E-state index is 6.27. The van der Waals surface area contributed by atoms with Gasteiger partial charge in [0.15, 0.2) is 0 Å². The number of nitrogens with zero attached hydrogens (tertiary/aromatic N) is 1. The molecule has 2 heteroatoms. The van der Waals surface area contributed by atoms with E-state index in [0.717, 1.165) is 17.8 Å². The van der Waals surface area contributed by atoms with Crippen molar-refractivity contribution in [2.75, 3.05) is 19.6 Å². The maximum atomic E-state index is 6.27. The Labute approximate surface area is 106 Å². The zero-order chi connectivity index (χ0) is 11.7. The molecular formula is C15H28N2. The zero-order valence-electron chi connectivity index (χ0n) is 11.1. The third-order valence-corrected chi connectivity index (χ3v) is 5.56. The lowest BCUT2D eigenvalue weighted by molar-refractivity contribution is 0.258. The van der Waals surface area contributed by atoms with Gasteiger partial charge in [0.1, 0.15) is 0 Å². The van der Waals surface area contributed by atoms with Crippen LogP contribution in [0.1, 0.15) is 51.4 Å². The van der Waals surface area contributed by atoms with Crippen LogP contribution in [0, 0.1) is 17.8 Å². The number of fused-ring (bicyclic) bond motifs is 1. The summed E-state index contributed by atoms with van der Waals surface area (Å²) in [6.45, 7) is 4.01. The van der Waals surface area contributed by atoms with Crippen LogP contribution < -0.4 is 5.73 Å². The normalized spacial score (nSPS) is 39.7. The average Bonchev–Trinajstić information content (AvgIpc) is 2.95. The van der Waals surface area contributed by atoms with Crippen LogP contribution in [0.5, 0.6) is 0 Å². The van der Waals surface area contributed by atoms with Crippen molar-refractivity contribution in [3.05, 3.63) is 0 Å². The van der Waals surface area contributed by atoms with Crippen LogP contribution in [-0.2, 0) is 0 Å². The molecule has 17 heavy (non-hydrogen) atoms. The van der Waals surface area contributed by atoms with Gasteiger partial charge in [0, 0.05) is 19.1 Å². The van der Waals surface area contributed by atoms with Crippen LogP contribution in [0.4, 0.5) is 0 Å². The van der Waals surface area contributed by atoms with Gasteiger partial charge in [-0.1, -0.05) is 32.1 Å². The molecule has 0 aromatic carbocycles. The van der Waals surface area contributed by atoms with Crippen molar-refractivity contribution in [3.63, 3.8) is 0 Å². The number of hydrogen-bond acceptors (Lipinski definition) is 2. The van der Waals surface area contributed by atoms with Crippen LogP contribution in [-0.4, -0.2) is 30.6 Å². The Kier molecular flexibility index (Phi) is 3.72. The molecule has 0 amide bonds. The minimum absolute atomic E-state index is 0.505. The van der Waals surface area contributed by atoms with Gasteiger partial charge in [-0.3, -0.25) is 0 Å². The summed E-state index contributed by atoms with van der Waals surface area (Å²) >= 11 is 0. The summed E-state index contributed by atoms with van der Waals surface area (Å²) in [5.41, 5.74) is 6.27. The molecule has 1 heterocycles. The van der Waals surface area contributed by atoms with Crippen molar-refractivity contribution in [3.8, 4) is 0 Å². The van der Waals surface area contributed by atoms with Crippen LogP contribution in [0.25, 0.3) is 0 Å². The van der Waals surface area contributed by atoms with Crippen molar-refractivity contribution in [2.24, 2.45) is 23.5 Å². The first-order chi connectivity index (χ1) is 8.33. The molecular weight excluding hydrogens is 208 g/mol. The maximum Gasteiger partial charge on any atom is 0.00825 e. The molecule has 1 saturated heterocycles. The zero-order valence-corrected chi connectivity index (χ0v) is 11.1. The smallest absolute Gasteiger partial charge is 0.00825 e. The van der Waals surface area contributed by atoms with E-state index in [1.165, 1.54) is 71.0 Å². The number of nitrogens with two attached hydrogens (primary N) is 1. The van der Waals surface area contributed by atoms with Crippen LogP contribution in [0.3, 0.4) is 0 Å². The predicted molar refractivity (Wildman–Crippen MR) is 71.8 cm³/mol. The van der Waals surface area contributed by atoms with Gasteiger partial charge >= 0.3 is 0 Å². The predicted octanol–water partition coefficient (Wildman–Crippen LogP) is 2.63. The highest BCUT2D eigenvalue weighted by atomic mass is 15.2. The second-order valence-corrected chi connectivity index (χ2v) is 6.72. The summed E-state index contributed by atoms with van der Waals surface area (Å²) in [4.78, 5) is 2.72. The highest BCUT2D eigenvalue weighted by Gasteiger charge is 2.38. The quantitative estimate of drug-likeness (QED) is 0.816. The molecule has 0 aromatic rings. The van der Waals surface area contributed by atoms with Crippen molar-refractivity contribution in [1.29, 1.82) is 0 Å². The number of rotatable bonds is 3. The summed E-state index contributed by atoms with van der Waals surface area (Å²) < 4.78 is 0. The molecule has 3 atom stereocenters. The van der Waals surface area contributed by atoms with Gasteiger partial charge in [-0.2, -0.15) is 0 Å². The fourth-order valence-corrected chi connectivity index (χ4v) is 4.46. The van der Waals surface area contributed by atoms with E-state index in [4.69, 9.17) is 5.73 Å². The third-order valence-electron chi connectivity index (χ3n) is 5.56. The van der Waals surface area contributed by atoms with Crippen molar-refractivity contribution in [2.45, 2.75) is 57.4 Å². The van der Waals surface area contributed by atoms with Gasteiger partial charge in [-0.15, -0.1) is 0 Å². The Bertz CT molecular complexity index is 247. The van der Waals surface area contributed by atoms with Crippen molar-refractivity contribution >= 4 is 0 Å². The molecule has 1 aliphatic heterocycles. The molecule has 0 radical (unpaired) electrons. The van der Waals surface area contributed by atoms with Gasteiger partial charge in [-0.05, 0) is 43.6 Å². The monoisotopic (exact) mass is 236 g/mol. The molecule has 0 bridgehead atoms. The van der Waals surface area contributed by atoms with Gasteiger partial charge < -0.3 is 10.6 Å². The van der Waals surface area contributed by atoms with E-state index in [2.05, 4.69) is 4.90 Å². The standard InChI is InChI=1S/C15H28N2/c16-15-7-3-6-13-10-17(11-14(13)15)9-8-12-4-1-2-5-12/h12-15H,1-11,16H2. The van der Waals surface area contributed by atoms with Gasteiger partial charge in [0.05, 0.1) is 0 Å². The lowest BCUT2D eigenvalue weighted by Crippen LogP contribution is -2.38. The van der Waals surface area contributed by atoms with E-state index in [0.29, 0.717) is 6.04 Å². The first-order valence-electron chi connectivity index (χ1n) is 7.81. The fraction of sp³-hybridized carbons (Fsp3) is 1.00. The Morgan fingerprint density at radius 2 is 1.76 bits per heavy atom. The average molecular weight is 236 g/mol. The minimum atomic E-state index is 0.505. The molecule has 3 rings (SSSR count). The Morgan fingerprint density at radius 1 is 0.941 bits per heavy atom. The minimum Gasteiger partial charge on any atom is -0.327 e. The van der Waals surface area contributed by atoms with Crippen LogP contribution in [0.2, 0.25) is 0 Å². The SMILES string of the molecule is NC1CCCC2CN(CCC3CCCC3)CC12. The first kappa shape index (κ1) is 12.0. The molecule has 2 N–H and O–H groups in total. The molecule has 0 spiro atoms. The lowest BCUT2D eigenvalue weighted by atomic mass is 9.78. The summed E-state index contributed by atoms with van der Waals surface area (Å²) in [6, 6.07) is 0.505. The largest absolute Gasteiger partial charge is 0.327 e. The van der Waals surface area contributed by atoms with Gasteiger partial charge in [0.2, 0.25) is 0 Å². The first-order valence-corrected chi connectivity index (χ1v) is 7.81. The van der Waals surface area contributed by atoms with E-state index < -0.39 is 0 Å². The summed E-state index contributed by atoms with van der Waals surface area (Å²) in [5.74, 6) is 2.81. The number of hydrogen-bond donors (Lipinski definition) is 1. The second-order valence-electron chi connectivity index (χ2n) is 6.72. The number of likely N-dealkylation sites (tertiary alicyclic amines) is 1. The van der Waals surface area contributed by atoms with Crippen molar-refractivity contribution < 1.29 is 0 Å². The molecule has 3 unspecified atom stereocenters. The van der Waals surface area contributed by atoms with Gasteiger partial charge in [-0.25, -0.2) is 0 Å². The molecule has 3 aliphatic rings. The Balaban J connectivity index is 1.46. The molecule has 0 aromatic heterocycles. The van der Waals surface area contributed by atoms with E-state index in [1.807, 2.05) is 0 Å². The van der Waals surface area contributed by atoms with Crippen LogP contribution in [0.15, 0.2) is 0 Å². The van der Waals surface area contributed by atoms with E-state index >= 15 is 0 Å². The lowest BCUT2D eigenvalue weighted by Gasteiger charge is -2.29. The third kappa shape index (κ3) is 2.68. The molecule has 2 nitrogen and oxygen atoms in total.